The quantitative estimate of drug-likeness (QED) is 0.708. The van der Waals surface area contributed by atoms with Gasteiger partial charge in [-0.2, -0.15) is 0 Å². The van der Waals surface area contributed by atoms with Crippen LogP contribution in [0.5, 0.6) is 0 Å². The number of benzene rings is 2. The maximum absolute atomic E-state index is 12.6. The van der Waals surface area contributed by atoms with Gasteiger partial charge in [0.05, 0.1) is 5.56 Å². The lowest BCUT2D eigenvalue weighted by atomic mass is 10.1. The molecule has 3 N–H and O–H groups in total. The molecule has 0 saturated heterocycles. The first-order valence-corrected chi connectivity index (χ1v) is 9.11. The molecule has 0 unspecified atom stereocenters. The number of nitrogens with two attached hydrogens (primary N) is 1. The van der Waals surface area contributed by atoms with E-state index in [1.54, 1.807) is 6.07 Å². The van der Waals surface area contributed by atoms with E-state index in [4.69, 9.17) is 5.73 Å². The van der Waals surface area contributed by atoms with E-state index in [9.17, 15) is 9.59 Å². The fourth-order valence-electron chi connectivity index (χ4n) is 2.86. The summed E-state index contributed by atoms with van der Waals surface area (Å²) >= 11 is 1.40. The minimum absolute atomic E-state index is 0.247. The number of carbonyl (C=O) groups excluding carboxylic acids is 2. The topological polar surface area (TPSA) is 72.2 Å². The van der Waals surface area contributed by atoms with Crippen molar-refractivity contribution >= 4 is 28.2 Å². The van der Waals surface area contributed by atoms with Gasteiger partial charge in [0.15, 0.2) is 0 Å². The Bertz CT molecular complexity index is 961. The largest absolute Gasteiger partial charge is 0.365 e. The summed E-state index contributed by atoms with van der Waals surface area (Å²) in [7, 11) is 0. The number of nitrogens with one attached hydrogen (secondary N) is 1. The monoisotopic (exact) mass is 364 g/mol. The van der Waals surface area contributed by atoms with Gasteiger partial charge in [0, 0.05) is 16.9 Å². The van der Waals surface area contributed by atoms with Crippen LogP contribution in [0.4, 0.5) is 5.00 Å². The summed E-state index contributed by atoms with van der Waals surface area (Å²) in [5.74, 6) is -0.777. The Balaban J connectivity index is 1.92. The molecule has 2 aromatic carbocycles. The molecule has 0 aliphatic carbocycles. The second-order valence-corrected chi connectivity index (χ2v) is 7.31. The zero-order valence-corrected chi connectivity index (χ0v) is 15.5. The fourth-order valence-corrected chi connectivity index (χ4v) is 4.10. The van der Waals surface area contributed by atoms with E-state index in [0.29, 0.717) is 22.5 Å². The van der Waals surface area contributed by atoms with E-state index in [-0.39, 0.29) is 5.91 Å². The summed E-state index contributed by atoms with van der Waals surface area (Å²) in [5, 5.41) is 3.37. The molecule has 26 heavy (non-hydrogen) atoms. The number of thiophene rings is 1. The molecular weight excluding hydrogens is 344 g/mol. The molecule has 4 nitrogen and oxygen atoms in total. The number of hydrogen-bond acceptors (Lipinski definition) is 3. The maximum atomic E-state index is 12.6. The lowest BCUT2D eigenvalue weighted by molar-refractivity contribution is 0.100. The third-order valence-corrected chi connectivity index (χ3v) is 5.41. The number of rotatable bonds is 5. The second-order valence-electron chi connectivity index (χ2n) is 6.20. The molecular formula is C21H20N2O2S. The average molecular weight is 364 g/mol. The van der Waals surface area contributed by atoms with Gasteiger partial charge in [-0.05, 0) is 37.1 Å². The van der Waals surface area contributed by atoms with Crippen molar-refractivity contribution in [1.29, 1.82) is 0 Å². The Hall–Kier alpha value is -2.92. The van der Waals surface area contributed by atoms with Gasteiger partial charge in [-0.15, -0.1) is 11.3 Å². The van der Waals surface area contributed by atoms with Crippen molar-refractivity contribution in [3.05, 3.63) is 87.3 Å². The van der Waals surface area contributed by atoms with Crippen molar-refractivity contribution in [2.45, 2.75) is 20.3 Å². The Morgan fingerprint density at radius 2 is 1.77 bits per heavy atom. The van der Waals surface area contributed by atoms with Gasteiger partial charge in [-0.25, -0.2) is 0 Å². The van der Waals surface area contributed by atoms with E-state index in [2.05, 4.69) is 5.32 Å². The highest BCUT2D eigenvalue weighted by molar-refractivity contribution is 7.17. The van der Waals surface area contributed by atoms with Crippen molar-refractivity contribution < 1.29 is 9.59 Å². The van der Waals surface area contributed by atoms with Gasteiger partial charge in [-0.1, -0.05) is 48.0 Å². The number of primary amides is 1. The minimum Gasteiger partial charge on any atom is -0.365 e. The molecule has 0 fully saturated rings. The summed E-state index contributed by atoms with van der Waals surface area (Å²) in [6, 6.07) is 17.3. The molecule has 0 bridgehead atoms. The summed E-state index contributed by atoms with van der Waals surface area (Å²) in [6.07, 6.45) is 0.692. The molecule has 0 spiro atoms. The number of aryl methyl sites for hydroxylation is 1. The van der Waals surface area contributed by atoms with Crippen LogP contribution in [-0.4, -0.2) is 11.8 Å². The zero-order chi connectivity index (χ0) is 18.7. The predicted molar refractivity (Wildman–Crippen MR) is 106 cm³/mol. The van der Waals surface area contributed by atoms with Gasteiger partial charge in [0.2, 0.25) is 0 Å². The third kappa shape index (κ3) is 3.83. The first-order valence-electron chi connectivity index (χ1n) is 8.29. The molecule has 132 valence electrons. The highest BCUT2D eigenvalue weighted by atomic mass is 32.1. The zero-order valence-electron chi connectivity index (χ0n) is 14.7. The molecule has 0 saturated carbocycles. The van der Waals surface area contributed by atoms with Gasteiger partial charge in [0.25, 0.3) is 11.8 Å². The standard InChI is InChI=1S/C21H20N2O2S/c1-13-7-6-10-16(11-13)20(25)23-21-18(19(22)24)14(2)17(26-21)12-15-8-4-3-5-9-15/h3-11H,12H2,1-2H3,(H2,22,24)(H,23,25). The highest BCUT2D eigenvalue weighted by Crippen LogP contribution is 2.34. The van der Waals surface area contributed by atoms with Crippen LogP contribution >= 0.6 is 11.3 Å². The summed E-state index contributed by atoms with van der Waals surface area (Å²) in [5.41, 5.74) is 9.49. The summed E-state index contributed by atoms with van der Waals surface area (Å²) in [4.78, 5) is 25.5. The van der Waals surface area contributed by atoms with Crippen molar-refractivity contribution in [2.75, 3.05) is 5.32 Å². The molecule has 0 aliphatic heterocycles. The third-order valence-electron chi connectivity index (χ3n) is 4.21. The Morgan fingerprint density at radius 3 is 2.42 bits per heavy atom. The van der Waals surface area contributed by atoms with E-state index in [1.165, 1.54) is 11.3 Å². The van der Waals surface area contributed by atoms with Crippen LogP contribution in [0.3, 0.4) is 0 Å². The molecule has 5 heteroatoms. The molecule has 0 atom stereocenters. The van der Waals surface area contributed by atoms with E-state index in [0.717, 1.165) is 21.6 Å². The summed E-state index contributed by atoms with van der Waals surface area (Å²) in [6.45, 7) is 3.80. The molecule has 3 aromatic rings. The average Bonchev–Trinajstić information content (AvgIpc) is 2.91. The molecule has 0 radical (unpaired) electrons. The van der Waals surface area contributed by atoms with Crippen LogP contribution in [0.2, 0.25) is 0 Å². The fraction of sp³-hybridized carbons (Fsp3) is 0.143. The number of hydrogen-bond donors (Lipinski definition) is 2. The van der Waals surface area contributed by atoms with E-state index >= 15 is 0 Å². The molecule has 2 amide bonds. The van der Waals surface area contributed by atoms with Crippen LogP contribution in [-0.2, 0) is 6.42 Å². The van der Waals surface area contributed by atoms with E-state index < -0.39 is 5.91 Å². The van der Waals surface area contributed by atoms with Gasteiger partial charge in [-0.3, -0.25) is 9.59 Å². The first kappa shape index (κ1) is 17.9. The minimum atomic E-state index is -0.530. The summed E-state index contributed by atoms with van der Waals surface area (Å²) < 4.78 is 0. The van der Waals surface area contributed by atoms with Gasteiger partial charge in [0.1, 0.15) is 5.00 Å². The van der Waals surface area contributed by atoms with E-state index in [1.807, 2.05) is 62.4 Å². The SMILES string of the molecule is Cc1cccc(C(=O)Nc2sc(Cc3ccccc3)c(C)c2C(N)=O)c1. The van der Waals surface area contributed by atoms with Crippen molar-refractivity contribution in [2.24, 2.45) is 5.73 Å². The highest BCUT2D eigenvalue weighted by Gasteiger charge is 2.21. The van der Waals surface area contributed by atoms with Crippen LogP contribution in [0.1, 0.15) is 42.3 Å². The lowest BCUT2D eigenvalue weighted by Gasteiger charge is -2.05. The lowest BCUT2D eigenvalue weighted by Crippen LogP contribution is -2.17. The van der Waals surface area contributed by atoms with Crippen LogP contribution in [0.25, 0.3) is 0 Å². The maximum Gasteiger partial charge on any atom is 0.256 e. The number of anilines is 1. The number of amides is 2. The van der Waals surface area contributed by atoms with Crippen molar-refractivity contribution in [1.82, 2.24) is 0 Å². The molecule has 0 aliphatic rings. The smallest absolute Gasteiger partial charge is 0.256 e. The van der Waals surface area contributed by atoms with Crippen LogP contribution in [0, 0.1) is 13.8 Å². The molecule has 1 heterocycles. The second kappa shape index (κ2) is 7.54. The Kier molecular flexibility index (Phi) is 5.19. The van der Waals surface area contributed by atoms with Gasteiger partial charge < -0.3 is 11.1 Å². The van der Waals surface area contributed by atoms with Crippen molar-refractivity contribution in [3.8, 4) is 0 Å². The Morgan fingerprint density at radius 1 is 1.04 bits per heavy atom. The normalized spacial score (nSPS) is 10.5. The first-order chi connectivity index (χ1) is 12.5. The van der Waals surface area contributed by atoms with Crippen LogP contribution < -0.4 is 11.1 Å². The molecule has 1 aromatic heterocycles. The van der Waals surface area contributed by atoms with Gasteiger partial charge >= 0.3 is 0 Å². The van der Waals surface area contributed by atoms with Crippen LogP contribution in [0.15, 0.2) is 54.6 Å². The Labute approximate surface area is 156 Å². The molecule has 3 rings (SSSR count). The van der Waals surface area contributed by atoms with Crippen molar-refractivity contribution in [3.63, 3.8) is 0 Å². The number of carbonyl (C=O) groups is 2. The predicted octanol–water partition coefficient (Wildman–Crippen LogP) is 4.31.